The predicted molar refractivity (Wildman–Crippen MR) is 98.6 cm³/mol. The maximum atomic E-state index is 13.0. The van der Waals surface area contributed by atoms with E-state index in [4.69, 9.17) is 0 Å². The van der Waals surface area contributed by atoms with Crippen molar-refractivity contribution in [2.24, 2.45) is 5.92 Å². The summed E-state index contributed by atoms with van der Waals surface area (Å²) in [5, 5.41) is 0. The number of nitrogens with zero attached hydrogens (tertiary/aromatic N) is 2. The lowest BCUT2D eigenvalue weighted by atomic mass is 9.94. The third-order valence-corrected chi connectivity index (χ3v) is 5.40. The monoisotopic (exact) mass is 320 g/mol. The zero-order valence-electron chi connectivity index (χ0n) is 14.2. The smallest absolute Gasteiger partial charge is 0.230 e. The molecule has 3 nitrogen and oxygen atoms in total. The molecule has 0 bridgehead atoms. The van der Waals surface area contributed by atoms with Gasteiger partial charge in [-0.2, -0.15) is 0 Å². The van der Waals surface area contributed by atoms with Crippen molar-refractivity contribution in [2.75, 3.05) is 29.4 Å². The fraction of sp³-hybridized carbons (Fsp3) is 0.381. The van der Waals surface area contributed by atoms with Gasteiger partial charge in [-0.25, -0.2) is 0 Å². The van der Waals surface area contributed by atoms with Gasteiger partial charge >= 0.3 is 0 Å². The van der Waals surface area contributed by atoms with E-state index in [1.807, 2.05) is 11.0 Å². The second-order valence-electron chi connectivity index (χ2n) is 6.97. The summed E-state index contributed by atoms with van der Waals surface area (Å²) < 4.78 is 0. The first kappa shape index (κ1) is 15.3. The van der Waals surface area contributed by atoms with Gasteiger partial charge in [-0.1, -0.05) is 35.9 Å². The number of carbonyl (C=O) groups excluding carboxylic acids is 1. The minimum Gasteiger partial charge on any atom is -0.371 e. The lowest BCUT2D eigenvalue weighted by Gasteiger charge is -2.34. The molecule has 2 aliphatic heterocycles. The number of amides is 1. The molecule has 2 aliphatic rings. The van der Waals surface area contributed by atoms with Gasteiger partial charge in [-0.15, -0.1) is 0 Å². The SMILES string of the molecule is Cc1ccc(N2CCC(C(=O)N3CCc4ccccc43)CC2)cc1. The van der Waals surface area contributed by atoms with Crippen molar-refractivity contribution in [1.29, 1.82) is 0 Å². The molecule has 0 atom stereocenters. The Labute approximate surface area is 143 Å². The van der Waals surface area contributed by atoms with Crippen molar-refractivity contribution in [3.63, 3.8) is 0 Å². The van der Waals surface area contributed by atoms with E-state index in [1.54, 1.807) is 0 Å². The molecule has 0 radical (unpaired) electrons. The van der Waals surface area contributed by atoms with E-state index in [1.165, 1.54) is 16.8 Å². The van der Waals surface area contributed by atoms with Crippen LogP contribution in [0.15, 0.2) is 48.5 Å². The Morgan fingerprint density at radius 1 is 0.958 bits per heavy atom. The standard InChI is InChI=1S/C21H24N2O/c1-16-6-8-19(9-7-16)22-13-10-18(11-14-22)21(24)23-15-12-17-4-2-3-5-20(17)23/h2-9,18H,10-15H2,1H3. The summed E-state index contributed by atoms with van der Waals surface area (Å²) in [5.74, 6) is 0.487. The van der Waals surface area contributed by atoms with Crippen molar-refractivity contribution in [1.82, 2.24) is 0 Å². The fourth-order valence-corrected chi connectivity index (χ4v) is 3.93. The molecule has 1 saturated heterocycles. The molecule has 0 spiro atoms. The maximum Gasteiger partial charge on any atom is 0.230 e. The fourth-order valence-electron chi connectivity index (χ4n) is 3.93. The van der Waals surface area contributed by atoms with Crippen molar-refractivity contribution >= 4 is 17.3 Å². The van der Waals surface area contributed by atoms with Crippen LogP contribution < -0.4 is 9.80 Å². The summed E-state index contributed by atoms with van der Waals surface area (Å²) in [5.41, 5.74) is 5.00. The minimum absolute atomic E-state index is 0.165. The topological polar surface area (TPSA) is 23.6 Å². The van der Waals surface area contributed by atoms with Gasteiger partial charge in [0.2, 0.25) is 5.91 Å². The van der Waals surface area contributed by atoms with Gasteiger partial charge in [0.25, 0.3) is 0 Å². The molecule has 0 unspecified atom stereocenters. The summed E-state index contributed by atoms with van der Waals surface area (Å²) in [7, 11) is 0. The number of para-hydroxylation sites is 1. The number of rotatable bonds is 2. The van der Waals surface area contributed by atoms with E-state index in [0.717, 1.165) is 44.6 Å². The Morgan fingerprint density at radius 2 is 1.67 bits per heavy atom. The average Bonchev–Trinajstić information content (AvgIpc) is 3.06. The molecular formula is C21H24N2O. The van der Waals surface area contributed by atoms with Gasteiger partial charge in [0, 0.05) is 36.9 Å². The van der Waals surface area contributed by atoms with Crippen molar-refractivity contribution in [3.05, 3.63) is 59.7 Å². The summed E-state index contributed by atoms with van der Waals surface area (Å²) in [6.07, 6.45) is 2.89. The molecule has 0 aromatic heterocycles. The summed E-state index contributed by atoms with van der Waals surface area (Å²) in [6.45, 7) is 4.89. The van der Waals surface area contributed by atoms with Crippen molar-refractivity contribution < 1.29 is 4.79 Å². The Kier molecular flexibility index (Phi) is 4.01. The van der Waals surface area contributed by atoms with Gasteiger partial charge < -0.3 is 9.80 Å². The Bertz CT molecular complexity index is 730. The van der Waals surface area contributed by atoms with Gasteiger partial charge in [0.1, 0.15) is 0 Å². The van der Waals surface area contributed by atoms with Gasteiger partial charge in [0.05, 0.1) is 0 Å². The highest BCUT2D eigenvalue weighted by Crippen LogP contribution is 2.31. The van der Waals surface area contributed by atoms with Crippen molar-refractivity contribution in [2.45, 2.75) is 26.2 Å². The molecule has 124 valence electrons. The third kappa shape index (κ3) is 2.79. The Morgan fingerprint density at radius 3 is 2.42 bits per heavy atom. The zero-order valence-corrected chi connectivity index (χ0v) is 14.2. The molecule has 2 aromatic carbocycles. The average molecular weight is 320 g/mol. The molecule has 1 fully saturated rings. The van der Waals surface area contributed by atoms with Crippen LogP contribution in [0.2, 0.25) is 0 Å². The summed E-state index contributed by atoms with van der Waals surface area (Å²) in [4.78, 5) is 17.4. The lowest BCUT2D eigenvalue weighted by molar-refractivity contribution is -0.122. The van der Waals surface area contributed by atoms with E-state index in [-0.39, 0.29) is 5.92 Å². The van der Waals surface area contributed by atoms with E-state index >= 15 is 0 Å². The first-order valence-corrected chi connectivity index (χ1v) is 8.93. The Balaban J connectivity index is 1.41. The normalized spacial score (nSPS) is 17.9. The van der Waals surface area contributed by atoms with Gasteiger partial charge in [0.15, 0.2) is 0 Å². The number of piperidine rings is 1. The Hall–Kier alpha value is -2.29. The highest BCUT2D eigenvalue weighted by atomic mass is 16.2. The summed E-state index contributed by atoms with van der Waals surface area (Å²) >= 11 is 0. The number of anilines is 2. The van der Waals surface area contributed by atoms with Crippen LogP contribution in [0.1, 0.15) is 24.0 Å². The first-order chi connectivity index (χ1) is 11.7. The molecule has 1 amide bonds. The number of fused-ring (bicyclic) bond motifs is 1. The minimum atomic E-state index is 0.165. The van der Waals surface area contributed by atoms with Gasteiger partial charge in [-0.3, -0.25) is 4.79 Å². The third-order valence-electron chi connectivity index (χ3n) is 5.40. The highest BCUT2D eigenvalue weighted by Gasteiger charge is 2.32. The van der Waals surface area contributed by atoms with Crippen LogP contribution in [0.4, 0.5) is 11.4 Å². The van der Waals surface area contributed by atoms with E-state index in [2.05, 4.69) is 54.3 Å². The van der Waals surface area contributed by atoms with Crippen LogP contribution in [0.25, 0.3) is 0 Å². The quantitative estimate of drug-likeness (QED) is 0.840. The predicted octanol–water partition coefficient (Wildman–Crippen LogP) is 3.80. The van der Waals surface area contributed by atoms with Crippen LogP contribution in [0.5, 0.6) is 0 Å². The molecule has 0 N–H and O–H groups in total. The highest BCUT2D eigenvalue weighted by molar-refractivity contribution is 5.97. The maximum absolute atomic E-state index is 13.0. The number of hydrogen-bond acceptors (Lipinski definition) is 2. The van der Waals surface area contributed by atoms with Crippen LogP contribution >= 0.6 is 0 Å². The second kappa shape index (κ2) is 6.31. The number of carbonyl (C=O) groups is 1. The number of hydrogen-bond donors (Lipinski definition) is 0. The molecule has 4 rings (SSSR count). The number of benzene rings is 2. The second-order valence-corrected chi connectivity index (χ2v) is 6.97. The largest absolute Gasteiger partial charge is 0.371 e. The molecule has 2 heterocycles. The van der Waals surface area contributed by atoms with E-state index in [9.17, 15) is 4.79 Å². The van der Waals surface area contributed by atoms with E-state index in [0.29, 0.717) is 5.91 Å². The van der Waals surface area contributed by atoms with Crippen molar-refractivity contribution in [3.8, 4) is 0 Å². The number of aryl methyl sites for hydroxylation is 1. The molecule has 2 aromatic rings. The molecule has 0 saturated carbocycles. The molecular weight excluding hydrogens is 296 g/mol. The van der Waals surface area contributed by atoms with E-state index < -0.39 is 0 Å². The van der Waals surface area contributed by atoms with Crippen LogP contribution in [-0.2, 0) is 11.2 Å². The molecule has 3 heteroatoms. The van der Waals surface area contributed by atoms with Crippen LogP contribution in [-0.4, -0.2) is 25.5 Å². The summed E-state index contributed by atoms with van der Waals surface area (Å²) in [6, 6.07) is 17.0. The van der Waals surface area contributed by atoms with Crippen LogP contribution in [0, 0.1) is 12.8 Å². The van der Waals surface area contributed by atoms with Gasteiger partial charge in [-0.05, 0) is 49.9 Å². The lowest BCUT2D eigenvalue weighted by Crippen LogP contribution is -2.42. The first-order valence-electron chi connectivity index (χ1n) is 8.93. The zero-order chi connectivity index (χ0) is 16.5. The molecule has 0 aliphatic carbocycles. The van der Waals surface area contributed by atoms with Crippen LogP contribution in [0.3, 0.4) is 0 Å². The molecule has 24 heavy (non-hydrogen) atoms.